The van der Waals surface area contributed by atoms with Crippen molar-refractivity contribution in [1.82, 2.24) is 4.98 Å². The highest BCUT2D eigenvalue weighted by molar-refractivity contribution is 6.29. The zero-order chi connectivity index (χ0) is 10.2. The second-order valence-corrected chi connectivity index (χ2v) is 4.43. The van der Waals surface area contributed by atoms with Crippen molar-refractivity contribution in [2.24, 2.45) is 0 Å². The fourth-order valence-electron chi connectivity index (χ4n) is 1.11. The molecule has 1 aromatic heterocycles. The second-order valence-electron chi connectivity index (χ2n) is 4.05. The first-order chi connectivity index (χ1) is 5.82. The number of nitrogens with zero attached hydrogens (tertiary/aromatic N) is 1. The van der Waals surface area contributed by atoms with E-state index in [9.17, 15) is 0 Å². The highest BCUT2D eigenvalue weighted by Crippen LogP contribution is 2.31. The standard InChI is InChI=1S/C9H14ClN3/c1-9(2,3)8-7(12)5(11)4-6(10)13-8/h4H,12H2,1-3H3,(H2,11,13). The zero-order valence-corrected chi connectivity index (χ0v) is 8.81. The van der Waals surface area contributed by atoms with Crippen molar-refractivity contribution in [3.05, 3.63) is 16.9 Å². The van der Waals surface area contributed by atoms with Gasteiger partial charge in [0, 0.05) is 11.5 Å². The molecule has 1 aromatic rings. The Kier molecular flexibility index (Phi) is 2.39. The average Bonchev–Trinajstić information content (AvgIpc) is 1.94. The van der Waals surface area contributed by atoms with Gasteiger partial charge >= 0.3 is 0 Å². The minimum Gasteiger partial charge on any atom is -0.397 e. The van der Waals surface area contributed by atoms with E-state index in [1.54, 1.807) is 6.07 Å². The number of halogens is 1. The Bertz CT molecular complexity index is 328. The minimum absolute atomic E-state index is 0.136. The molecule has 4 N–H and O–H groups in total. The van der Waals surface area contributed by atoms with Crippen LogP contribution in [0.5, 0.6) is 0 Å². The molecule has 0 amide bonds. The summed E-state index contributed by atoms with van der Waals surface area (Å²) in [5.74, 6) is 0. The van der Waals surface area contributed by atoms with E-state index in [-0.39, 0.29) is 5.41 Å². The van der Waals surface area contributed by atoms with Gasteiger partial charge in [-0.1, -0.05) is 32.4 Å². The fraction of sp³-hybridized carbons (Fsp3) is 0.444. The van der Waals surface area contributed by atoms with Crippen LogP contribution in [0.3, 0.4) is 0 Å². The third kappa shape index (κ3) is 2.04. The summed E-state index contributed by atoms with van der Waals surface area (Å²) in [5, 5.41) is 0.386. The number of pyridine rings is 1. The van der Waals surface area contributed by atoms with Gasteiger partial charge in [0.05, 0.1) is 17.1 Å². The van der Waals surface area contributed by atoms with E-state index in [4.69, 9.17) is 23.1 Å². The lowest BCUT2D eigenvalue weighted by Gasteiger charge is -2.20. The van der Waals surface area contributed by atoms with Gasteiger partial charge in [-0.2, -0.15) is 0 Å². The van der Waals surface area contributed by atoms with Gasteiger partial charge in [0.25, 0.3) is 0 Å². The third-order valence-corrected chi connectivity index (χ3v) is 1.96. The molecule has 0 saturated heterocycles. The van der Waals surface area contributed by atoms with Crippen molar-refractivity contribution in [3.63, 3.8) is 0 Å². The first kappa shape index (κ1) is 10.1. The summed E-state index contributed by atoms with van der Waals surface area (Å²) in [6, 6.07) is 1.56. The van der Waals surface area contributed by atoms with Crippen LogP contribution in [0.4, 0.5) is 11.4 Å². The molecule has 0 fully saturated rings. The molecule has 0 aromatic carbocycles. The molecule has 0 spiro atoms. The van der Waals surface area contributed by atoms with E-state index in [0.717, 1.165) is 5.69 Å². The van der Waals surface area contributed by atoms with Crippen LogP contribution >= 0.6 is 11.6 Å². The maximum Gasteiger partial charge on any atom is 0.131 e. The summed E-state index contributed by atoms with van der Waals surface area (Å²) >= 11 is 5.78. The fourth-order valence-corrected chi connectivity index (χ4v) is 1.32. The van der Waals surface area contributed by atoms with Gasteiger partial charge in [-0.15, -0.1) is 0 Å². The molecule has 1 heterocycles. The van der Waals surface area contributed by atoms with E-state index in [0.29, 0.717) is 16.5 Å². The number of nitrogens with two attached hydrogens (primary N) is 2. The van der Waals surface area contributed by atoms with Gasteiger partial charge in [0.15, 0.2) is 0 Å². The van der Waals surface area contributed by atoms with Crippen LogP contribution in [0.2, 0.25) is 5.15 Å². The lowest BCUT2D eigenvalue weighted by Crippen LogP contribution is -2.17. The van der Waals surface area contributed by atoms with Gasteiger partial charge in [-0.05, 0) is 0 Å². The Labute approximate surface area is 83.1 Å². The quantitative estimate of drug-likeness (QED) is 0.630. The Morgan fingerprint density at radius 1 is 1.31 bits per heavy atom. The molecule has 0 unspecified atom stereocenters. The Morgan fingerprint density at radius 3 is 2.31 bits per heavy atom. The summed E-state index contributed by atoms with van der Waals surface area (Å²) in [4.78, 5) is 4.17. The summed E-state index contributed by atoms with van der Waals surface area (Å²) in [7, 11) is 0. The normalized spacial score (nSPS) is 11.7. The van der Waals surface area contributed by atoms with Gasteiger partial charge in [-0.3, -0.25) is 0 Å². The molecule has 0 bridgehead atoms. The third-order valence-electron chi connectivity index (χ3n) is 1.77. The van der Waals surface area contributed by atoms with Crippen molar-refractivity contribution < 1.29 is 0 Å². The van der Waals surface area contributed by atoms with Crippen molar-refractivity contribution >= 4 is 23.0 Å². The SMILES string of the molecule is CC(C)(C)c1nc(Cl)cc(N)c1N. The molecule has 0 aliphatic heterocycles. The van der Waals surface area contributed by atoms with E-state index in [1.807, 2.05) is 20.8 Å². The Hall–Kier alpha value is -0.960. The van der Waals surface area contributed by atoms with Crippen molar-refractivity contribution in [1.29, 1.82) is 0 Å². The molecule has 0 aliphatic rings. The second kappa shape index (κ2) is 3.07. The monoisotopic (exact) mass is 199 g/mol. The van der Waals surface area contributed by atoms with Crippen molar-refractivity contribution in [2.45, 2.75) is 26.2 Å². The van der Waals surface area contributed by atoms with Crippen LogP contribution < -0.4 is 11.5 Å². The predicted molar refractivity (Wildman–Crippen MR) is 56.8 cm³/mol. The molecule has 72 valence electrons. The lowest BCUT2D eigenvalue weighted by atomic mass is 9.90. The van der Waals surface area contributed by atoms with Crippen LogP contribution in [0.15, 0.2) is 6.07 Å². The summed E-state index contributed by atoms with van der Waals surface area (Å²) < 4.78 is 0. The molecule has 1 rings (SSSR count). The van der Waals surface area contributed by atoms with Crippen LogP contribution in [-0.4, -0.2) is 4.98 Å². The summed E-state index contributed by atoms with van der Waals surface area (Å²) in [6.45, 7) is 6.05. The van der Waals surface area contributed by atoms with E-state index < -0.39 is 0 Å². The predicted octanol–water partition coefficient (Wildman–Crippen LogP) is 2.20. The van der Waals surface area contributed by atoms with E-state index >= 15 is 0 Å². The van der Waals surface area contributed by atoms with Gasteiger partial charge in [-0.25, -0.2) is 4.98 Å². The summed E-state index contributed by atoms with van der Waals surface area (Å²) in [5.41, 5.74) is 13.1. The first-order valence-corrected chi connectivity index (χ1v) is 4.42. The number of aromatic nitrogens is 1. The average molecular weight is 200 g/mol. The molecule has 0 atom stereocenters. The lowest BCUT2D eigenvalue weighted by molar-refractivity contribution is 0.572. The van der Waals surface area contributed by atoms with Crippen LogP contribution in [-0.2, 0) is 5.41 Å². The van der Waals surface area contributed by atoms with E-state index in [2.05, 4.69) is 4.98 Å². The van der Waals surface area contributed by atoms with Crippen LogP contribution in [0.1, 0.15) is 26.5 Å². The first-order valence-electron chi connectivity index (χ1n) is 4.04. The highest BCUT2D eigenvalue weighted by atomic mass is 35.5. The molecule has 0 saturated carbocycles. The highest BCUT2D eigenvalue weighted by Gasteiger charge is 2.20. The summed E-state index contributed by atoms with van der Waals surface area (Å²) in [6.07, 6.45) is 0. The van der Waals surface area contributed by atoms with Gasteiger partial charge in [0.2, 0.25) is 0 Å². The minimum atomic E-state index is -0.136. The Balaban J connectivity index is 3.37. The molecule has 3 nitrogen and oxygen atoms in total. The van der Waals surface area contributed by atoms with Crippen molar-refractivity contribution in [3.8, 4) is 0 Å². The van der Waals surface area contributed by atoms with E-state index in [1.165, 1.54) is 0 Å². The molecule has 13 heavy (non-hydrogen) atoms. The maximum absolute atomic E-state index is 5.79. The molecule has 0 aliphatic carbocycles. The molecule has 0 radical (unpaired) electrons. The maximum atomic E-state index is 5.79. The number of rotatable bonds is 0. The number of hydrogen-bond acceptors (Lipinski definition) is 3. The molecular weight excluding hydrogens is 186 g/mol. The van der Waals surface area contributed by atoms with Crippen LogP contribution in [0, 0.1) is 0 Å². The largest absolute Gasteiger partial charge is 0.397 e. The number of hydrogen-bond donors (Lipinski definition) is 2. The smallest absolute Gasteiger partial charge is 0.131 e. The Morgan fingerprint density at radius 2 is 1.85 bits per heavy atom. The van der Waals surface area contributed by atoms with Crippen molar-refractivity contribution in [2.75, 3.05) is 11.5 Å². The van der Waals surface area contributed by atoms with Crippen LogP contribution in [0.25, 0.3) is 0 Å². The molecular formula is C9H14ClN3. The molecule has 4 heteroatoms. The number of anilines is 2. The number of nitrogen functional groups attached to an aromatic ring is 2. The zero-order valence-electron chi connectivity index (χ0n) is 8.06. The topological polar surface area (TPSA) is 64.9 Å². The van der Waals surface area contributed by atoms with Gasteiger partial charge < -0.3 is 11.5 Å². The van der Waals surface area contributed by atoms with Gasteiger partial charge in [0.1, 0.15) is 5.15 Å².